The summed E-state index contributed by atoms with van der Waals surface area (Å²) in [4.78, 5) is 11.0. The zero-order valence-corrected chi connectivity index (χ0v) is 8.44. The van der Waals surface area contributed by atoms with Crippen LogP contribution in [-0.2, 0) is 4.79 Å². The maximum Gasteiger partial charge on any atom is 0.132 e. The van der Waals surface area contributed by atoms with Gasteiger partial charge in [-0.2, -0.15) is 0 Å². The van der Waals surface area contributed by atoms with E-state index in [1.54, 1.807) is 0 Å². The lowest BCUT2D eigenvalue weighted by molar-refractivity contribution is -0.119. The van der Waals surface area contributed by atoms with Crippen LogP contribution in [0.25, 0.3) is 0 Å². The van der Waals surface area contributed by atoms with Crippen LogP contribution in [0.1, 0.15) is 39.0 Å². The largest absolute Gasteiger partial charge is 0.300 e. The minimum atomic E-state index is 0.386. The Morgan fingerprint density at radius 3 is 2.67 bits per heavy atom. The fraction of sp³-hybridized carbons (Fsp3) is 0.700. The van der Waals surface area contributed by atoms with Gasteiger partial charge in [0.05, 0.1) is 0 Å². The average molecular weight is 189 g/mol. The maximum atomic E-state index is 11.0. The number of ketones is 1. The van der Waals surface area contributed by atoms with Crippen molar-refractivity contribution in [1.82, 2.24) is 0 Å². The first-order valence-corrected chi connectivity index (χ1v) is 5.07. The van der Waals surface area contributed by atoms with E-state index >= 15 is 0 Å². The first-order chi connectivity index (χ1) is 5.81. The second kappa shape index (κ2) is 8.79. The normalized spacial score (nSPS) is 10.8. The molecule has 0 aliphatic carbocycles. The lowest BCUT2D eigenvalue weighted by Crippen LogP contribution is -1.95. The van der Waals surface area contributed by atoms with Crippen molar-refractivity contribution in [3.05, 3.63) is 12.2 Å². The summed E-state index contributed by atoms with van der Waals surface area (Å²) in [6.45, 7) is 2.03. The predicted octanol–water partition coefficient (Wildman–Crippen LogP) is 3.32. The predicted molar refractivity (Wildman–Crippen MR) is 53.6 cm³/mol. The molecule has 0 aromatic rings. The third-order valence-electron chi connectivity index (χ3n) is 1.61. The van der Waals surface area contributed by atoms with Gasteiger partial charge in [-0.25, -0.2) is 0 Å². The quantitative estimate of drug-likeness (QED) is 0.340. The average Bonchev–Trinajstić information content (AvgIpc) is 2.05. The maximum absolute atomic E-state index is 11.0. The smallest absolute Gasteiger partial charge is 0.132 e. The number of alkyl halides is 1. The van der Waals surface area contributed by atoms with Gasteiger partial charge in [-0.1, -0.05) is 19.1 Å². The molecule has 0 aliphatic rings. The van der Waals surface area contributed by atoms with Crippen LogP contribution in [0.15, 0.2) is 12.2 Å². The monoisotopic (exact) mass is 188 g/mol. The van der Waals surface area contributed by atoms with E-state index in [2.05, 4.69) is 0 Å². The van der Waals surface area contributed by atoms with Gasteiger partial charge in [0.2, 0.25) is 0 Å². The van der Waals surface area contributed by atoms with Gasteiger partial charge >= 0.3 is 0 Å². The standard InChI is InChI=1S/C10H17ClO/c1-2-7-10(12)8-5-3-4-6-9-11/h4,6H,2-3,5,7-9H2,1H3/b6-4+. The van der Waals surface area contributed by atoms with Crippen LogP contribution >= 0.6 is 11.6 Å². The summed E-state index contributed by atoms with van der Waals surface area (Å²) in [5.74, 6) is 0.958. The van der Waals surface area contributed by atoms with Crippen molar-refractivity contribution < 1.29 is 4.79 Å². The third-order valence-corrected chi connectivity index (χ3v) is 1.79. The highest BCUT2D eigenvalue weighted by molar-refractivity contribution is 6.18. The summed E-state index contributed by atoms with van der Waals surface area (Å²) in [5.41, 5.74) is 0. The first-order valence-electron chi connectivity index (χ1n) is 4.54. The van der Waals surface area contributed by atoms with Gasteiger partial charge < -0.3 is 0 Å². The van der Waals surface area contributed by atoms with E-state index in [0.717, 1.165) is 32.1 Å². The van der Waals surface area contributed by atoms with Crippen LogP contribution in [0, 0.1) is 0 Å². The molecule has 0 rings (SSSR count). The molecular formula is C10H17ClO. The SMILES string of the molecule is CCCC(=O)CCC/C=C/CCl. The summed E-state index contributed by atoms with van der Waals surface area (Å²) in [6.07, 6.45) is 8.32. The van der Waals surface area contributed by atoms with E-state index in [4.69, 9.17) is 11.6 Å². The molecule has 12 heavy (non-hydrogen) atoms. The van der Waals surface area contributed by atoms with Crippen molar-refractivity contribution in [1.29, 1.82) is 0 Å². The van der Waals surface area contributed by atoms with Gasteiger partial charge in [0, 0.05) is 18.7 Å². The third kappa shape index (κ3) is 7.80. The molecule has 0 heterocycles. The molecule has 0 atom stereocenters. The van der Waals surface area contributed by atoms with Gasteiger partial charge in [0.15, 0.2) is 0 Å². The molecule has 0 fully saturated rings. The molecule has 0 N–H and O–H groups in total. The van der Waals surface area contributed by atoms with Crippen molar-refractivity contribution in [3.8, 4) is 0 Å². The van der Waals surface area contributed by atoms with E-state index in [-0.39, 0.29) is 0 Å². The second-order valence-corrected chi connectivity index (χ2v) is 3.12. The minimum absolute atomic E-state index is 0.386. The molecule has 70 valence electrons. The van der Waals surface area contributed by atoms with Gasteiger partial charge in [-0.3, -0.25) is 4.79 Å². The molecule has 0 spiro atoms. The van der Waals surface area contributed by atoms with Crippen molar-refractivity contribution in [2.24, 2.45) is 0 Å². The van der Waals surface area contributed by atoms with Gasteiger partial charge in [0.1, 0.15) is 5.78 Å². The number of rotatable bonds is 7. The second-order valence-electron chi connectivity index (χ2n) is 2.81. The lowest BCUT2D eigenvalue weighted by Gasteiger charge is -1.95. The van der Waals surface area contributed by atoms with Crippen LogP contribution in [0.2, 0.25) is 0 Å². The number of hydrogen-bond acceptors (Lipinski definition) is 1. The number of halogens is 1. The molecule has 0 amide bonds. The topological polar surface area (TPSA) is 17.1 Å². The highest BCUT2D eigenvalue weighted by atomic mass is 35.5. The summed E-state index contributed by atoms with van der Waals surface area (Å²) < 4.78 is 0. The van der Waals surface area contributed by atoms with Crippen LogP contribution in [0.5, 0.6) is 0 Å². The molecule has 1 nitrogen and oxygen atoms in total. The van der Waals surface area contributed by atoms with E-state index in [1.165, 1.54) is 0 Å². The zero-order chi connectivity index (χ0) is 9.23. The highest BCUT2D eigenvalue weighted by Crippen LogP contribution is 2.01. The van der Waals surface area contributed by atoms with Crippen molar-refractivity contribution in [2.45, 2.75) is 39.0 Å². The van der Waals surface area contributed by atoms with Crippen molar-refractivity contribution in [2.75, 3.05) is 5.88 Å². The van der Waals surface area contributed by atoms with E-state index in [9.17, 15) is 4.79 Å². The number of allylic oxidation sites excluding steroid dienone is 2. The number of unbranched alkanes of at least 4 members (excludes halogenated alkanes) is 1. The molecule has 0 saturated carbocycles. The number of Topliss-reactive ketones (excluding diaryl/α,β-unsaturated/α-hetero) is 1. The van der Waals surface area contributed by atoms with Crippen molar-refractivity contribution >= 4 is 17.4 Å². The van der Waals surface area contributed by atoms with E-state index in [1.807, 2.05) is 19.1 Å². The Bertz CT molecular complexity index is 141. The van der Waals surface area contributed by atoms with Gasteiger partial charge in [-0.05, 0) is 19.3 Å². The van der Waals surface area contributed by atoms with Gasteiger partial charge in [0.25, 0.3) is 0 Å². The molecule has 0 unspecified atom stereocenters. The lowest BCUT2D eigenvalue weighted by atomic mass is 10.1. The number of carbonyl (C=O) groups is 1. The molecule has 0 aliphatic heterocycles. The summed E-state index contributed by atoms with van der Waals surface area (Å²) in [7, 11) is 0. The van der Waals surface area contributed by atoms with Crippen LogP contribution in [0.4, 0.5) is 0 Å². The fourth-order valence-electron chi connectivity index (χ4n) is 1.00. The molecular weight excluding hydrogens is 172 g/mol. The van der Waals surface area contributed by atoms with E-state index in [0.29, 0.717) is 11.7 Å². The highest BCUT2D eigenvalue weighted by Gasteiger charge is 1.97. The molecule has 2 heteroatoms. The molecule has 0 aromatic carbocycles. The molecule has 0 saturated heterocycles. The summed E-state index contributed by atoms with van der Waals surface area (Å²) in [6, 6.07) is 0. The summed E-state index contributed by atoms with van der Waals surface area (Å²) in [5, 5.41) is 0. The Labute approximate surface area is 79.8 Å². The van der Waals surface area contributed by atoms with Crippen LogP contribution < -0.4 is 0 Å². The Morgan fingerprint density at radius 2 is 2.08 bits per heavy atom. The van der Waals surface area contributed by atoms with Crippen LogP contribution in [-0.4, -0.2) is 11.7 Å². The molecule has 0 radical (unpaired) electrons. The Balaban J connectivity index is 3.19. The zero-order valence-electron chi connectivity index (χ0n) is 7.68. The minimum Gasteiger partial charge on any atom is -0.300 e. The van der Waals surface area contributed by atoms with Gasteiger partial charge in [-0.15, -0.1) is 11.6 Å². The Hall–Kier alpha value is -0.300. The van der Waals surface area contributed by atoms with Crippen LogP contribution in [0.3, 0.4) is 0 Å². The number of carbonyl (C=O) groups excluding carboxylic acids is 1. The molecule has 0 aromatic heterocycles. The van der Waals surface area contributed by atoms with Crippen molar-refractivity contribution in [3.63, 3.8) is 0 Å². The first kappa shape index (κ1) is 11.7. The van der Waals surface area contributed by atoms with E-state index < -0.39 is 0 Å². The fourth-order valence-corrected chi connectivity index (χ4v) is 1.13. The summed E-state index contributed by atoms with van der Waals surface area (Å²) >= 11 is 5.44. The molecule has 0 bridgehead atoms. The Kier molecular flexibility index (Phi) is 8.57. The Morgan fingerprint density at radius 1 is 1.33 bits per heavy atom. The number of hydrogen-bond donors (Lipinski definition) is 0.